The summed E-state index contributed by atoms with van der Waals surface area (Å²) in [5.41, 5.74) is 0. The van der Waals surface area contributed by atoms with Gasteiger partial charge in [-0.1, -0.05) is 12.8 Å². The Hall–Kier alpha value is -1.14. The molecule has 3 aliphatic rings. The number of amides is 1. The average Bonchev–Trinajstić information content (AvgIpc) is 3.19. The summed E-state index contributed by atoms with van der Waals surface area (Å²) in [6.07, 6.45) is 6.21. The van der Waals surface area contributed by atoms with Crippen molar-refractivity contribution in [2.75, 3.05) is 13.2 Å². The highest BCUT2D eigenvalue weighted by atomic mass is 16.5. The Labute approximate surface area is 137 Å². The van der Waals surface area contributed by atoms with Gasteiger partial charge in [-0.25, -0.2) is 4.79 Å². The van der Waals surface area contributed by atoms with E-state index in [1.54, 1.807) is 11.8 Å². The molecule has 6 nitrogen and oxygen atoms in total. The minimum atomic E-state index is -0.890. The van der Waals surface area contributed by atoms with Gasteiger partial charge in [-0.15, -0.1) is 0 Å². The lowest BCUT2D eigenvalue weighted by atomic mass is 9.84. The quantitative estimate of drug-likeness (QED) is 0.834. The van der Waals surface area contributed by atoms with Gasteiger partial charge in [0.2, 0.25) is 0 Å². The van der Waals surface area contributed by atoms with Crippen LogP contribution in [0.5, 0.6) is 0 Å². The Morgan fingerprint density at radius 3 is 2.74 bits per heavy atom. The number of fused-ring (bicyclic) bond motifs is 1. The lowest BCUT2D eigenvalue weighted by Crippen LogP contribution is -2.50. The summed E-state index contributed by atoms with van der Waals surface area (Å²) in [5.74, 6) is -0.733. The first kappa shape index (κ1) is 16.7. The second-order valence-corrected chi connectivity index (χ2v) is 7.06. The maximum atomic E-state index is 12.8. The molecule has 23 heavy (non-hydrogen) atoms. The molecule has 130 valence electrons. The third-order valence-electron chi connectivity index (χ3n) is 5.53. The molecule has 0 unspecified atom stereocenters. The van der Waals surface area contributed by atoms with Crippen LogP contribution in [0.1, 0.15) is 51.9 Å². The molecule has 3 rings (SSSR count). The third kappa shape index (κ3) is 3.53. The number of hydrogen-bond acceptors (Lipinski definition) is 4. The molecule has 2 saturated heterocycles. The fourth-order valence-corrected chi connectivity index (χ4v) is 4.31. The highest BCUT2D eigenvalue weighted by Crippen LogP contribution is 2.40. The average molecular weight is 325 g/mol. The Bertz CT molecular complexity index is 448. The van der Waals surface area contributed by atoms with Crippen molar-refractivity contribution in [2.45, 2.75) is 76.2 Å². The topological polar surface area (TPSA) is 76.1 Å². The Balaban J connectivity index is 1.63. The van der Waals surface area contributed by atoms with Crippen molar-refractivity contribution in [3.05, 3.63) is 0 Å². The molecule has 1 saturated carbocycles. The number of carbonyl (C=O) groups is 2. The summed E-state index contributed by atoms with van der Waals surface area (Å²) in [7, 11) is 0. The summed E-state index contributed by atoms with van der Waals surface area (Å²) < 4.78 is 11.2. The minimum Gasteiger partial charge on any atom is -0.480 e. The maximum Gasteiger partial charge on any atom is 0.326 e. The van der Waals surface area contributed by atoms with Gasteiger partial charge in [-0.05, 0) is 44.9 Å². The second kappa shape index (κ2) is 7.18. The molecule has 2 aliphatic heterocycles. The molecule has 0 bridgehead atoms. The predicted octanol–water partition coefficient (Wildman–Crippen LogP) is 1.81. The van der Waals surface area contributed by atoms with Crippen LogP contribution in [0, 0.1) is 5.92 Å². The molecule has 1 aliphatic carbocycles. The van der Waals surface area contributed by atoms with Crippen LogP contribution in [0.15, 0.2) is 0 Å². The number of carboxylic acids is 1. The Morgan fingerprint density at radius 1 is 1.26 bits per heavy atom. The van der Waals surface area contributed by atoms with Gasteiger partial charge in [0.25, 0.3) is 5.91 Å². The van der Waals surface area contributed by atoms with E-state index in [0.29, 0.717) is 18.9 Å². The van der Waals surface area contributed by atoms with Crippen molar-refractivity contribution in [2.24, 2.45) is 5.92 Å². The van der Waals surface area contributed by atoms with Crippen LogP contribution in [0.3, 0.4) is 0 Å². The van der Waals surface area contributed by atoms with Crippen molar-refractivity contribution >= 4 is 11.9 Å². The molecular weight excluding hydrogens is 298 g/mol. The van der Waals surface area contributed by atoms with Crippen molar-refractivity contribution in [1.82, 2.24) is 4.90 Å². The maximum absolute atomic E-state index is 12.8. The SMILES string of the molecule is C[C@H](OC[C@@H]1CCCO1)C(=O)N1[C@H](C(=O)O)C[C@H]2CCCC[C@@H]21. The second-order valence-electron chi connectivity index (χ2n) is 7.06. The van der Waals surface area contributed by atoms with E-state index < -0.39 is 18.1 Å². The molecule has 0 spiro atoms. The first-order chi connectivity index (χ1) is 11.1. The summed E-state index contributed by atoms with van der Waals surface area (Å²) in [6, 6.07) is -0.615. The number of ether oxygens (including phenoxy) is 2. The zero-order valence-electron chi connectivity index (χ0n) is 13.8. The fraction of sp³-hybridized carbons (Fsp3) is 0.882. The van der Waals surface area contributed by atoms with Gasteiger partial charge in [0.15, 0.2) is 0 Å². The zero-order chi connectivity index (χ0) is 16.4. The number of nitrogens with zero attached hydrogens (tertiary/aromatic N) is 1. The van der Waals surface area contributed by atoms with Crippen LogP contribution < -0.4 is 0 Å². The number of carbonyl (C=O) groups excluding carboxylic acids is 1. The van der Waals surface area contributed by atoms with Gasteiger partial charge in [0.05, 0.1) is 12.7 Å². The van der Waals surface area contributed by atoms with Crippen molar-refractivity contribution in [3.8, 4) is 0 Å². The van der Waals surface area contributed by atoms with Crippen LogP contribution in [0.4, 0.5) is 0 Å². The highest BCUT2D eigenvalue weighted by molar-refractivity contribution is 5.87. The van der Waals surface area contributed by atoms with E-state index in [4.69, 9.17) is 9.47 Å². The van der Waals surface area contributed by atoms with E-state index in [1.165, 1.54) is 0 Å². The van der Waals surface area contributed by atoms with Crippen molar-refractivity contribution in [3.63, 3.8) is 0 Å². The molecule has 2 heterocycles. The van der Waals surface area contributed by atoms with E-state index in [9.17, 15) is 14.7 Å². The van der Waals surface area contributed by atoms with Gasteiger partial charge in [0, 0.05) is 12.6 Å². The lowest BCUT2D eigenvalue weighted by Gasteiger charge is -2.34. The lowest BCUT2D eigenvalue weighted by molar-refractivity contribution is -0.156. The summed E-state index contributed by atoms with van der Waals surface area (Å²) >= 11 is 0. The normalized spacial score (nSPS) is 35.1. The van der Waals surface area contributed by atoms with E-state index in [-0.39, 0.29) is 18.1 Å². The number of hydrogen-bond donors (Lipinski definition) is 1. The van der Waals surface area contributed by atoms with E-state index in [1.807, 2.05) is 0 Å². The van der Waals surface area contributed by atoms with Crippen molar-refractivity contribution < 1.29 is 24.2 Å². The molecule has 0 aromatic rings. The molecule has 1 N–H and O–H groups in total. The standard InChI is InChI=1S/C17H27NO5/c1-11(23-10-13-6-4-8-22-13)16(19)18-14-7-3-2-5-12(14)9-15(18)17(20)21/h11-15H,2-10H2,1H3,(H,20,21)/t11-,12+,13-,14-,15-/m0/s1. The monoisotopic (exact) mass is 325 g/mol. The summed E-state index contributed by atoms with van der Waals surface area (Å²) in [6.45, 7) is 2.90. The number of carboxylic acid groups (broad SMARTS) is 1. The number of aliphatic carboxylic acids is 1. The summed E-state index contributed by atoms with van der Waals surface area (Å²) in [4.78, 5) is 26.0. The molecule has 0 radical (unpaired) electrons. The van der Waals surface area contributed by atoms with Gasteiger partial charge in [0.1, 0.15) is 12.1 Å². The Kier molecular flexibility index (Phi) is 5.21. The first-order valence-electron chi connectivity index (χ1n) is 8.86. The molecule has 3 fully saturated rings. The Morgan fingerprint density at radius 2 is 2.04 bits per heavy atom. The minimum absolute atomic E-state index is 0.0709. The number of likely N-dealkylation sites (tertiary alicyclic amines) is 1. The van der Waals surface area contributed by atoms with Gasteiger partial charge in [-0.3, -0.25) is 4.79 Å². The molecule has 5 atom stereocenters. The van der Waals surface area contributed by atoms with E-state index in [0.717, 1.165) is 45.1 Å². The fourth-order valence-electron chi connectivity index (χ4n) is 4.31. The van der Waals surface area contributed by atoms with Crippen LogP contribution in [0.25, 0.3) is 0 Å². The van der Waals surface area contributed by atoms with Crippen LogP contribution in [0.2, 0.25) is 0 Å². The summed E-state index contributed by atoms with van der Waals surface area (Å²) in [5, 5.41) is 9.51. The highest BCUT2D eigenvalue weighted by Gasteiger charge is 2.48. The first-order valence-corrected chi connectivity index (χ1v) is 8.86. The van der Waals surface area contributed by atoms with Gasteiger partial charge < -0.3 is 19.5 Å². The van der Waals surface area contributed by atoms with Gasteiger partial charge >= 0.3 is 5.97 Å². The molecule has 0 aromatic heterocycles. The zero-order valence-corrected chi connectivity index (χ0v) is 13.8. The van der Waals surface area contributed by atoms with Crippen molar-refractivity contribution in [1.29, 1.82) is 0 Å². The number of rotatable bonds is 5. The van der Waals surface area contributed by atoms with Gasteiger partial charge in [-0.2, -0.15) is 0 Å². The largest absolute Gasteiger partial charge is 0.480 e. The molecule has 6 heteroatoms. The molecule has 0 aromatic carbocycles. The molecule has 1 amide bonds. The van der Waals surface area contributed by atoms with E-state index in [2.05, 4.69) is 0 Å². The predicted molar refractivity (Wildman–Crippen MR) is 83.0 cm³/mol. The van der Waals surface area contributed by atoms with Crippen LogP contribution >= 0.6 is 0 Å². The van der Waals surface area contributed by atoms with E-state index >= 15 is 0 Å². The van der Waals surface area contributed by atoms with Crippen LogP contribution in [-0.2, 0) is 19.1 Å². The smallest absolute Gasteiger partial charge is 0.326 e. The van der Waals surface area contributed by atoms with Crippen LogP contribution in [-0.4, -0.2) is 59.4 Å². The third-order valence-corrected chi connectivity index (χ3v) is 5.53. The molecular formula is C17H27NO5.